The van der Waals surface area contributed by atoms with Gasteiger partial charge >= 0.3 is 24.0 Å². The summed E-state index contributed by atoms with van der Waals surface area (Å²) in [6.07, 6.45) is -0.649. The normalized spacial score (nSPS) is 21.9. The van der Waals surface area contributed by atoms with Gasteiger partial charge in [-0.05, 0) is 76.6 Å². The Balaban J connectivity index is 1.37. The second kappa shape index (κ2) is 21.6. The van der Waals surface area contributed by atoms with Crippen molar-refractivity contribution in [1.29, 1.82) is 0 Å². The Hall–Kier alpha value is -8.40. The molecular formula is C57H58N6O12. The minimum absolute atomic E-state index is 0.0390. The van der Waals surface area contributed by atoms with Crippen LogP contribution in [0.2, 0.25) is 0 Å². The molecule has 4 heterocycles. The number of nitrogens with zero attached hydrogens (tertiary/aromatic N) is 3. The first kappa shape index (κ1) is 51.5. The van der Waals surface area contributed by atoms with Crippen molar-refractivity contribution >= 4 is 41.5 Å². The molecule has 5 aromatic carbocycles. The van der Waals surface area contributed by atoms with Gasteiger partial charge in [-0.2, -0.15) is 0 Å². The highest BCUT2D eigenvalue weighted by molar-refractivity contribution is 6.25. The zero-order chi connectivity index (χ0) is 53.1. The third-order valence-electron chi connectivity index (χ3n) is 14.5. The van der Waals surface area contributed by atoms with Crippen LogP contribution in [0, 0.1) is 23.7 Å². The third kappa shape index (κ3) is 9.22. The summed E-state index contributed by atoms with van der Waals surface area (Å²) >= 11 is 0. The summed E-state index contributed by atoms with van der Waals surface area (Å²) in [5.41, 5.74) is 6.98. The smallest absolute Gasteiger partial charge is 0.329 e. The van der Waals surface area contributed by atoms with E-state index in [2.05, 4.69) is 22.5 Å². The highest BCUT2D eigenvalue weighted by Crippen LogP contribution is 2.67. The summed E-state index contributed by atoms with van der Waals surface area (Å²) in [6.45, 7) is 2.95. The summed E-state index contributed by atoms with van der Waals surface area (Å²) in [5.74, 6) is 1.91. The number of aliphatic hydroxyl groups is 1. The predicted molar refractivity (Wildman–Crippen MR) is 273 cm³/mol. The fourth-order valence-corrected chi connectivity index (χ4v) is 11.3. The number of ether oxygens (including phenoxy) is 5. The first-order valence-corrected chi connectivity index (χ1v) is 24.6. The standard InChI is InChI=1S/C57H58N6O12/c1-33(2)46(52(66)73-5)60-56(70)62-41-23-22-34(15-14-25-59-55(58)69)29-40(41)57(54(62)68)45(51(65)61-26-24-37-30-43(71-3)44(72-4)31-38(37)32-61)48-53(67)75-49(36-18-10-7-11-19-36)47(35-16-8-6-9-17-35)63(48)50(57)39-20-12-13-21-42(39)74-28-27-64/h6-13,16-23,29-31,33,45-50,64H,24-28,32H2,1-5H3,(H,60,70)(H3,58,59,69). The monoisotopic (exact) mass is 1020 g/mol. The number of urea groups is 2. The number of carbonyl (C=O) groups excluding carboxylic acids is 6. The van der Waals surface area contributed by atoms with E-state index in [4.69, 9.17) is 29.4 Å². The summed E-state index contributed by atoms with van der Waals surface area (Å²) in [4.78, 5) is 94.1. The Bertz CT molecular complexity index is 3090. The number of cyclic esters (lactones) is 1. The van der Waals surface area contributed by atoms with Crippen molar-refractivity contribution in [2.75, 3.05) is 52.5 Å². The zero-order valence-corrected chi connectivity index (χ0v) is 42.1. The molecule has 7 unspecified atom stereocenters. The number of anilines is 1. The number of nitrogens with one attached hydrogen (secondary N) is 2. The van der Waals surface area contributed by atoms with E-state index in [0.29, 0.717) is 40.2 Å². The quantitative estimate of drug-likeness (QED) is 0.0874. The van der Waals surface area contributed by atoms with Crippen LogP contribution in [0.5, 0.6) is 17.2 Å². The first-order valence-electron chi connectivity index (χ1n) is 24.6. The molecule has 5 aromatic rings. The van der Waals surface area contributed by atoms with Crippen molar-refractivity contribution in [3.8, 4) is 29.1 Å². The predicted octanol–water partition coefficient (Wildman–Crippen LogP) is 5.25. The Morgan fingerprint density at radius 1 is 0.840 bits per heavy atom. The van der Waals surface area contributed by atoms with Crippen LogP contribution in [0.1, 0.15) is 71.0 Å². The van der Waals surface area contributed by atoms with Crippen molar-refractivity contribution in [3.63, 3.8) is 0 Å². The number of hydrogen-bond donors (Lipinski definition) is 4. The van der Waals surface area contributed by atoms with Gasteiger partial charge in [-0.25, -0.2) is 19.3 Å². The molecule has 0 saturated carbocycles. The van der Waals surface area contributed by atoms with Crippen molar-refractivity contribution in [1.82, 2.24) is 20.4 Å². The molecule has 18 heteroatoms. The number of morpholine rings is 1. The van der Waals surface area contributed by atoms with Gasteiger partial charge in [-0.15, -0.1) is 0 Å². The van der Waals surface area contributed by atoms with Crippen LogP contribution < -0.4 is 35.5 Å². The number of hydrogen-bond acceptors (Lipinski definition) is 13. The molecule has 9 rings (SSSR count). The van der Waals surface area contributed by atoms with E-state index in [1.54, 1.807) is 68.3 Å². The molecule has 2 fully saturated rings. The molecule has 2 saturated heterocycles. The first-order chi connectivity index (χ1) is 36.3. The van der Waals surface area contributed by atoms with Crippen molar-refractivity contribution in [3.05, 3.63) is 154 Å². The number of para-hydroxylation sites is 1. The van der Waals surface area contributed by atoms with Crippen LogP contribution in [-0.4, -0.2) is 110 Å². The largest absolute Gasteiger partial charge is 0.493 e. The Morgan fingerprint density at radius 3 is 2.16 bits per heavy atom. The number of nitrogens with two attached hydrogens (primary N) is 1. The number of benzene rings is 5. The molecule has 7 atom stereocenters. The van der Waals surface area contributed by atoms with Gasteiger partial charge in [0.1, 0.15) is 36.0 Å². The number of primary amides is 1. The topological polar surface area (TPSA) is 229 Å². The van der Waals surface area contributed by atoms with Gasteiger partial charge in [0.25, 0.3) is 0 Å². The molecular weight excluding hydrogens is 961 g/mol. The molecule has 4 aliphatic heterocycles. The van der Waals surface area contributed by atoms with Crippen LogP contribution >= 0.6 is 0 Å². The van der Waals surface area contributed by atoms with Crippen LogP contribution in [-0.2, 0) is 47.0 Å². The number of methoxy groups -OCH3 is 3. The fraction of sp³-hybridized carbons (Fsp3) is 0.333. The van der Waals surface area contributed by atoms with E-state index in [1.807, 2.05) is 71.6 Å². The lowest BCUT2D eigenvalue weighted by Gasteiger charge is -2.46. The summed E-state index contributed by atoms with van der Waals surface area (Å²) in [5, 5.41) is 15.4. The second-order valence-electron chi connectivity index (χ2n) is 18.9. The van der Waals surface area contributed by atoms with Crippen LogP contribution in [0.15, 0.2) is 115 Å². The maximum atomic E-state index is 17.0. The highest BCUT2D eigenvalue weighted by atomic mass is 16.6. The molecule has 6 amide bonds. The number of esters is 2. The number of carbonyl (C=O) groups is 6. The lowest BCUT2D eigenvalue weighted by atomic mass is 9.64. The lowest BCUT2D eigenvalue weighted by molar-refractivity contribution is -0.179. The highest BCUT2D eigenvalue weighted by Gasteiger charge is 2.76. The minimum Gasteiger partial charge on any atom is -0.493 e. The van der Waals surface area contributed by atoms with Crippen molar-refractivity contribution in [2.45, 2.75) is 62.5 Å². The summed E-state index contributed by atoms with van der Waals surface area (Å²) in [7, 11) is 4.25. The Kier molecular flexibility index (Phi) is 14.8. The molecule has 0 aliphatic carbocycles. The zero-order valence-electron chi connectivity index (χ0n) is 42.1. The molecule has 0 radical (unpaired) electrons. The average Bonchev–Trinajstić information content (AvgIpc) is 4.04. The molecule has 388 valence electrons. The van der Waals surface area contributed by atoms with Gasteiger partial charge in [-0.1, -0.05) is 105 Å². The molecule has 0 bridgehead atoms. The summed E-state index contributed by atoms with van der Waals surface area (Å²) < 4.78 is 29.4. The van der Waals surface area contributed by atoms with Crippen molar-refractivity contribution in [2.24, 2.45) is 17.6 Å². The SMILES string of the molecule is COC(=O)C(NC(=O)N1C(=O)C2(c3cc(C#CCNC(N)=O)ccc31)C(C(=O)N1CCc3cc(OC)c(OC)cc3C1)C1C(=O)OC(c3ccccc3)C(c3ccccc3)N1C2c1ccccc1OCCO)C(C)C. The van der Waals surface area contributed by atoms with E-state index >= 15 is 19.2 Å². The van der Waals surface area contributed by atoms with Gasteiger partial charge in [0.15, 0.2) is 11.5 Å². The van der Waals surface area contributed by atoms with Crippen LogP contribution in [0.25, 0.3) is 0 Å². The fourth-order valence-electron chi connectivity index (χ4n) is 11.3. The lowest BCUT2D eigenvalue weighted by Crippen LogP contribution is -2.58. The molecule has 0 aromatic heterocycles. The maximum Gasteiger partial charge on any atom is 0.329 e. The van der Waals surface area contributed by atoms with Crippen molar-refractivity contribution < 1.29 is 57.6 Å². The Labute approximate surface area is 434 Å². The second-order valence-corrected chi connectivity index (χ2v) is 18.9. The number of fused-ring (bicyclic) bond motifs is 4. The van der Waals surface area contributed by atoms with E-state index in [1.165, 1.54) is 20.3 Å². The van der Waals surface area contributed by atoms with Crippen LogP contribution in [0.4, 0.5) is 15.3 Å². The van der Waals surface area contributed by atoms with Gasteiger partial charge in [-0.3, -0.25) is 19.3 Å². The molecule has 5 N–H and O–H groups in total. The molecule has 75 heavy (non-hydrogen) atoms. The summed E-state index contributed by atoms with van der Waals surface area (Å²) in [6, 6.07) is 27.1. The minimum atomic E-state index is -2.23. The van der Waals surface area contributed by atoms with E-state index in [9.17, 15) is 14.7 Å². The van der Waals surface area contributed by atoms with E-state index < -0.39 is 83.3 Å². The number of imide groups is 1. The number of aliphatic hydroxyl groups excluding tert-OH is 1. The number of amides is 6. The van der Waals surface area contributed by atoms with Crippen LogP contribution in [0.3, 0.4) is 0 Å². The third-order valence-corrected chi connectivity index (χ3v) is 14.5. The van der Waals surface area contributed by atoms with Gasteiger partial charge in [0, 0.05) is 24.2 Å². The molecule has 18 nitrogen and oxygen atoms in total. The Morgan fingerprint density at radius 2 is 1.51 bits per heavy atom. The van der Waals surface area contributed by atoms with Gasteiger partial charge in [0.2, 0.25) is 11.8 Å². The maximum absolute atomic E-state index is 17.0. The number of rotatable bonds is 13. The van der Waals surface area contributed by atoms with E-state index in [0.717, 1.165) is 16.0 Å². The average molecular weight is 1020 g/mol. The van der Waals surface area contributed by atoms with Gasteiger partial charge in [0.05, 0.1) is 58.2 Å². The molecule has 4 aliphatic rings. The molecule has 1 spiro atoms. The van der Waals surface area contributed by atoms with E-state index in [-0.39, 0.29) is 49.8 Å². The van der Waals surface area contributed by atoms with Gasteiger partial charge < -0.3 is 50.1 Å².